The lowest BCUT2D eigenvalue weighted by Gasteiger charge is -2.26. The third-order valence-electron chi connectivity index (χ3n) is 4.33. The molecule has 162 valence electrons. The van der Waals surface area contributed by atoms with Gasteiger partial charge in [0.2, 0.25) is 21.9 Å². The molecule has 2 heterocycles. The van der Waals surface area contributed by atoms with Crippen LogP contribution in [0.5, 0.6) is 6.01 Å². The highest BCUT2D eigenvalue weighted by Crippen LogP contribution is 2.20. The van der Waals surface area contributed by atoms with Gasteiger partial charge in [-0.15, -0.1) is 0 Å². The van der Waals surface area contributed by atoms with Gasteiger partial charge in [0, 0.05) is 25.7 Å². The Balaban J connectivity index is 1.77. The molecule has 0 atom stereocenters. The minimum absolute atomic E-state index is 0.103. The molecule has 1 aliphatic rings. The number of anilines is 2. The van der Waals surface area contributed by atoms with Gasteiger partial charge in [0.1, 0.15) is 0 Å². The van der Waals surface area contributed by atoms with Crippen LogP contribution in [0.15, 0.2) is 23.1 Å². The van der Waals surface area contributed by atoms with Crippen LogP contribution in [0.3, 0.4) is 0 Å². The summed E-state index contributed by atoms with van der Waals surface area (Å²) in [5.74, 6) is 0.414. The number of ether oxygens (including phenoxy) is 2. The molecule has 1 saturated heterocycles. The monoisotopic (exact) mass is 436 g/mol. The SMILES string of the molecule is COc1nc(CNS(=O)(=O)c2ccc(NC(C)=O)cc2C)nc(N2CCOCC2)n1. The van der Waals surface area contributed by atoms with Crippen molar-refractivity contribution in [3.8, 4) is 6.01 Å². The van der Waals surface area contributed by atoms with Crippen LogP contribution < -0.4 is 19.7 Å². The van der Waals surface area contributed by atoms with Crippen LogP contribution in [-0.4, -0.2) is 62.7 Å². The maximum Gasteiger partial charge on any atom is 0.321 e. The Morgan fingerprint density at radius 2 is 1.97 bits per heavy atom. The van der Waals surface area contributed by atoms with E-state index in [1.54, 1.807) is 13.0 Å². The van der Waals surface area contributed by atoms with Crippen molar-refractivity contribution in [2.75, 3.05) is 43.6 Å². The number of aryl methyl sites for hydroxylation is 1. The van der Waals surface area contributed by atoms with Crippen molar-refractivity contribution in [3.05, 3.63) is 29.6 Å². The van der Waals surface area contributed by atoms with E-state index in [-0.39, 0.29) is 29.2 Å². The van der Waals surface area contributed by atoms with E-state index in [1.807, 2.05) is 4.90 Å². The van der Waals surface area contributed by atoms with Crippen LogP contribution in [0.25, 0.3) is 0 Å². The number of carbonyl (C=O) groups is 1. The molecule has 1 aliphatic heterocycles. The van der Waals surface area contributed by atoms with E-state index < -0.39 is 10.0 Å². The lowest BCUT2D eigenvalue weighted by Crippen LogP contribution is -2.37. The van der Waals surface area contributed by atoms with E-state index in [9.17, 15) is 13.2 Å². The van der Waals surface area contributed by atoms with Gasteiger partial charge in [-0.3, -0.25) is 4.79 Å². The molecule has 0 spiro atoms. The Kier molecular flexibility index (Phi) is 6.80. The molecule has 0 saturated carbocycles. The van der Waals surface area contributed by atoms with Crippen LogP contribution in [0.2, 0.25) is 0 Å². The van der Waals surface area contributed by atoms with Gasteiger partial charge in [0.15, 0.2) is 5.82 Å². The van der Waals surface area contributed by atoms with Crippen LogP contribution in [0.4, 0.5) is 11.6 Å². The number of carbonyl (C=O) groups excluding carboxylic acids is 1. The normalized spacial score (nSPS) is 14.4. The maximum absolute atomic E-state index is 12.8. The van der Waals surface area contributed by atoms with E-state index in [4.69, 9.17) is 9.47 Å². The number of hydrogen-bond acceptors (Lipinski definition) is 9. The molecule has 1 amide bonds. The molecule has 0 aliphatic carbocycles. The molecular formula is C18H24N6O5S. The van der Waals surface area contributed by atoms with E-state index in [1.165, 1.54) is 26.2 Å². The second-order valence-electron chi connectivity index (χ2n) is 6.62. The van der Waals surface area contributed by atoms with E-state index in [0.717, 1.165) is 0 Å². The molecule has 0 radical (unpaired) electrons. The summed E-state index contributed by atoms with van der Waals surface area (Å²) in [7, 11) is -2.39. The highest BCUT2D eigenvalue weighted by molar-refractivity contribution is 7.89. The van der Waals surface area contributed by atoms with E-state index in [2.05, 4.69) is 25.0 Å². The Labute approximate surface area is 174 Å². The molecule has 2 N–H and O–H groups in total. The Bertz CT molecular complexity index is 1020. The highest BCUT2D eigenvalue weighted by Gasteiger charge is 2.20. The van der Waals surface area contributed by atoms with Crippen molar-refractivity contribution < 1.29 is 22.7 Å². The van der Waals surface area contributed by atoms with Crippen molar-refractivity contribution in [1.82, 2.24) is 19.7 Å². The largest absolute Gasteiger partial charge is 0.467 e. The van der Waals surface area contributed by atoms with Gasteiger partial charge in [-0.1, -0.05) is 0 Å². The molecule has 1 aromatic heterocycles. The average molecular weight is 436 g/mol. The molecule has 1 fully saturated rings. The predicted molar refractivity (Wildman–Crippen MR) is 109 cm³/mol. The first-order chi connectivity index (χ1) is 14.3. The van der Waals surface area contributed by atoms with E-state index in [0.29, 0.717) is 43.5 Å². The van der Waals surface area contributed by atoms with Gasteiger partial charge >= 0.3 is 6.01 Å². The fourth-order valence-corrected chi connectivity index (χ4v) is 4.14. The first-order valence-corrected chi connectivity index (χ1v) is 10.8. The van der Waals surface area contributed by atoms with Crippen molar-refractivity contribution in [1.29, 1.82) is 0 Å². The van der Waals surface area contributed by atoms with Gasteiger partial charge in [0.25, 0.3) is 0 Å². The lowest BCUT2D eigenvalue weighted by molar-refractivity contribution is -0.114. The number of morpholine rings is 1. The second kappa shape index (κ2) is 9.32. The molecule has 12 heteroatoms. The summed E-state index contributed by atoms with van der Waals surface area (Å²) in [5.41, 5.74) is 1.02. The van der Waals surface area contributed by atoms with Crippen LogP contribution >= 0.6 is 0 Å². The number of aromatic nitrogens is 3. The van der Waals surface area contributed by atoms with Gasteiger partial charge in [-0.25, -0.2) is 13.1 Å². The first-order valence-electron chi connectivity index (χ1n) is 9.28. The van der Waals surface area contributed by atoms with Crippen LogP contribution in [-0.2, 0) is 26.1 Å². The molecule has 11 nitrogen and oxygen atoms in total. The molecule has 3 rings (SSSR count). The standard InChI is InChI=1S/C18H24N6O5S/c1-12-10-14(20-13(2)25)4-5-15(12)30(26,27)19-11-16-21-17(23-18(22-16)28-3)24-6-8-29-9-7-24/h4-5,10,19H,6-9,11H2,1-3H3,(H,20,25). The second-order valence-corrected chi connectivity index (χ2v) is 8.36. The third-order valence-corrected chi connectivity index (χ3v) is 5.89. The topological polar surface area (TPSA) is 136 Å². The molecule has 0 bridgehead atoms. The average Bonchev–Trinajstić information content (AvgIpc) is 2.72. The lowest BCUT2D eigenvalue weighted by atomic mass is 10.2. The smallest absolute Gasteiger partial charge is 0.321 e. The Morgan fingerprint density at radius 1 is 1.23 bits per heavy atom. The molecule has 1 aromatic carbocycles. The van der Waals surface area contributed by atoms with Crippen molar-refractivity contribution in [3.63, 3.8) is 0 Å². The number of benzene rings is 1. The van der Waals surface area contributed by atoms with Crippen molar-refractivity contribution in [2.24, 2.45) is 0 Å². The highest BCUT2D eigenvalue weighted by atomic mass is 32.2. The summed E-state index contributed by atoms with van der Waals surface area (Å²) in [6.07, 6.45) is 0. The predicted octanol–water partition coefficient (Wildman–Crippen LogP) is 0.462. The quantitative estimate of drug-likeness (QED) is 0.634. The summed E-state index contributed by atoms with van der Waals surface area (Å²) in [4.78, 5) is 25.9. The molecular weight excluding hydrogens is 412 g/mol. The fourth-order valence-electron chi connectivity index (χ4n) is 2.93. The molecule has 0 unspecified atom stereocenters. The Hall–Kier alpha value is -2.83. The number of sulfonamides is 1. The summed E-state index contributed by atoms with van der Waals surface area (Å²) in [5, 5.41) is 2.62. The number of methoxy groups -OCH3 is 1. The number of hydrogen-bond donors (Lipinski definition) is 2. The summed E-state index contributed by atoms with van der Waals surface area (Å²) >= 11 is 0. The van der Waals surface area contributed by atoms with Gasteiger partial charge < -0.3 is 19.7 Å². The minimum Gasteiger partial charge on any atom is -0.467 e. The zero-order valence-electron chi connectivity index (χ0n) is 17.0. The summed E-state index contributed by atoms with van der Waals surface area (Å²) in [6.45, 7) is 5.27. The number of nitrogens with zero attached hydrogens (tertiary/aromatic N) is 4. The fraction of sp³-hybridized carbons (Fsp3) is 0.444. The third kappa shape index (κ3) is 5.40. The van der Waals surface area contributed by atoms with E-state index >= 15 is 0 Å². The van der Waals surface area contributed by atoms with Crippen LogP contribution in [0, 0.1) is 6.92 Å². The summed E-state index contributed by atoms with van der Waals surface area (Å²) < 4.78 is 38.5. The first kappa shape index (κ1) is 21.9. The number of rotatable bonds is 7. The summed E-state index contributed by atoms with van der Waals surface area (Å²) in [6, 6.07) is 4.68. The van der Waals surface area contributed by atoms with Gasteiger partial charge in [0.05, 0.1) is 31.8 Å². The minimum atomic E-state index is -3.83. The van der Waals surface area contributed by atoms with Crippen molar-refractivity contribution >= 4 is 27.6 Å². The van der Waals surface area contributed by atoms with Crippen molar-refractivity contribution in [2.45, 2.75) is 25.3 Å². The maximum atomic E-state index is 12.8. The zero-order chi connectivity index (χ0) is 21.7. The number of nitrogens with one attached hydrogen (secondary N) is 2. The molecule has 30 heavy (non-hydrogen) atoms. The van der Waals surface area contributed by atoms with Crippen LogP contribution in [0.1, 0.15) is 18.3 Å². The molecule has 2 aromatic rings. The Morgan fingerprint density at radius 3 is 2.60 bits per heavy atom. The number of amides is 1. The van der Waals surface area contributed by atoms with Gasteiger partial charge in [-0.2, -0.15) is 15.0 Å². The van der Waals surface area contributed by atoms with Gasteiger partial charge in [-0.05, 0) is 30.7 Å². The zero-order valence-corrected chi connectivity index (χ0v) is 17.8.